The van der Waals surface area contributed by atoms with Gasteiger partial charge in [-0.3, -0.25) is 0 Å². The lowest BCUT2D eigenvalue weighted by Gasteiger charge is -2.40. The third-order valence-corrected chi connectivity index (χ3v) is 20.9. The summed E-state index contributed by atoms with van der Waals surface area (Å²) in [5.74, 6) is 0.0518. The minimum atomic E-state index is -2.29. The average Bonchev–Trinajstić information content (AvgIpc) is 3.76. The minimum absolute atomic E-state index is 0.0389. The van der Waals surface area contributed by atoms with Crippen molar-refractivity contribution in [2.24, 2.45) is 5.92 Å². The van der Waals surface area contributed by atoms with Crippen molar-refractivity contribution in [3.05, 3.63) is 60.3 Å². The summed E-state index contributed by atoms with van der Waals surface area (Å²) in [5, 5.41) is 0.00915. The number of epoxide rings is 1. The highest BCUT2D eigenvalue weighted by Gasteiger charge is 2.52. The van der Waals surface area contributed by atoms with Crippen LogP contribution in [0.15, 0.2) is 60.3 Å². The number of ether oxygens (including phenoxy) is 4. The largest absolute Gasteiger partial charge is 0.456 e. The van der Waals surface area contributed by atoms with Crippen molar-refractivity contribution in [1.29, 1.82) is 0 Å². The number of hydrogen-bond donors (Lipinski definition) is 0. The first-order valence-corrected chi connectivity index (χ1v) is 25.3. The number of rotatable bonds is 7. The Balaban J connectivity index is 1.68. The van der Waals surface area contributed by atoms with Gasteiger partial charge in [-0.05, 0) is 87.6 Å². The molecule has 0 aliphatic carbocycles. The lowest BCUT2D eigenvalue weighted by Crippen LogP contribution is -2.48. The van der Waals surface area contributed by atoms with Crippen molar-refractivity contribution in [3.8, 4) is 0 Å². The molecule has 4 heterocycles. The quantitative estimate of drug-likeness (QED) is 0.111. The lowest BCUT2D eigenvalue weighted by atomic mass is 9.91. The maximum Gasteiger partial charge on any atom is 0.330 e. The second-order valence-electron chi connectivity index (χ2n) is 18.7. The van der Waals surface area contributed by atoms with Crippen LogP contribution in [0, 0.1) is 5.92 Å². The maximum atomic E-state index is 13.6. The van der Waals surface area contributed by atoms with E-state index in [9.17, 15) is 4.79 Å². The van der Waals surface area contributed by atoms with Crippen LogP contribution in [-0.4, -0.2) is 78.0 Å². The summed E-state index contributed by atoms with van der Waals surface area (Å²) in [6.07, 6.45) is 18.2. The summed E-state index contributed by atoms with van der Waals surface area (Å²) >= 11 is 0. The zero-order valence-electron chi connectivity index (χ0n) is 34.0. The molecular formula is C42H70O7Si2. The molecule has 4 aliphatic heterocycles. The topological polar surface area (TPSA) is 75.8 Å². The summed E-state index contributed by atoms with van der Waals surface area (Å²) in [7, 11) is -4.43. The van der Waals surface area contributed by atoms with Gasteiger partial charge in [-0.2, -0.15) is 0 Å². The van der Waals surface area contributed by atoms with Crippen molar-refractivity contribution < 1.29 is 32.6 Å². The Morgan fingerprint density at radius 1 is 0.941 bits per heavy atom. The van der Waals surface area contributed by atoms with E-state index < -0.39 is 28.8 Å². The Kier molecular flexibility index (Phi) is 14.3. The molecule has 0 saturated carbocycles. The van der Waals surface area contributed by atoms with E-state index in [2.05, 4.69) is 119 Å². The molecule has 2 bridgehead atoms. The first-order valence-electron chi connectivity index (χ1n) is 19.5. The third-order valence-electron chi connectivity index (χ3n) is 11.9. The molecule has 0 spiro atoms. The van der Waals surface area contributed by atoms with Gasteiger partial charge in [0.25, 0.3) is 0 Å². The Bertz CT molecular complexity index is 1320. The van der Waals surface area contributed by atoms with E-state index in [0.717, 1.165) is 32.1 Å². The molecule has 1 saturated heterocycles. The molecule has 288 valence electrons. The minimum Gasteiger partial charge on any atom is -0.456 e. The molecule has 4 rings (SSSR count). The lowest BCUT2D eigenvalue weighted by molar-refractivity contribution is -0.147. The molecule has 0 aromatic rings. The molecule has 4 aliphatic rings. The van der Waals surface area contributed by atoms with Crippen LogP contribution in [0.3, 0.4) is 0 Å². The van der Waals surface area contributed by atoms with Crippen molar-refractivity contribution in [3.63, 3.8) is 0 Å². The molecular weight excluding hydrogens is 673 g/mol. The Morgan fingerprint density at radius 3 is 2.31 bits per heavy atom. The van der Waals surface area contributed by atoms with Gasteiger partial charge in [0, 0.05) is 12.5 Å². The van der Waals surface area contributed by atoms with E-state index >= 15 is 0 Å². The standard InChI is InChI=1S/C42H70O7Si2/c1-29-22-23-44-33(25-29)20-21-35(48-50(10,11)41(4,5)6)36-28-37-40(47-37)38(49-51(12,13)42(7,8)9)27-31(3)24-30(2)26-34-18-14-16-32(45-34)17-15-19-39(43)46-36/h14-16,19-22,30,32-38,40H,3,17-18,23-28H2,1-2,4-13H3/b19-15-,21-20+/t30-,32-,33+,34-,35-,36-,37-,38-,40+/m0/s1. The fraction of sp³-hybridized carbons (Fsp3) is 0.738. The molecule has 1 fully saturated rings. The Labute approximate surface area is 312 Å². The third kappa shape index (κ3) is 12.5. The number of fused-ring (bicyclic) bond motifs is 3. The van der Waals surface area contributed by atoms with Gasteiger partial charge < -0.3 is 27.8 Å². The van der Waals surface area contributed by atoms with Gasteiger partial charge in [0.15, 0.2) is 16.6 Å². The molecule has 0 N–H and O–H groups in total. The van der Waals surface area contributed by atoms with Gasteiger partial charge in [-0.25, -0.2) is 4.79 Å². The van der Waals surface area contributed by atoms with Crippen LogP contribution in [-0.2, 0) is 32.6 Å². The molecule has 0 aromatic heterocycles. The van der Waals surface area contributed by atoms with Crippen LogP contribution in [0.5, 0.6) is 0 Å². The van der Waals surface area contributed by atoms with E-state index in [1.807, 2.05) is 6.08 Å². The highest BCUT2D eigenvalue weighted by Crippen LogP contribution is 2.44. The Hall–Kier alpha value is -1.60. The zero-order valence-corrected chi connectivity index (χ0v) is 36.0. The number of esters is 1. The van der Waals surface area contributed by atoms with Crippen molar-refractivity contribution in [2.45, 2.75) is 185 Å². The molecule has 0 radical (unpaired) electrons. The highest BCUT2D eigenvalue weighted by atomic mass is 28.4. The zero-order chi connectivity index (χ0) is 37.8. The van der Waals surface area contributed by atoms with Crippen molar-refractivity contribution >= 4 is 22.6 Å². The van der Waals surface area contributed by atoms with Gasteiger partial charge >= 0.3 is 5.97 Å². The van der Waals surface area contributed by atoms with Crippen LogP contribution in [0.1, 0.15) is 100 Å². The molecule has 7 nitrogen and oxygen atoms in total. The number of carbonyl (C=O) groups is 1. The van der Waals surface area contributed by atoms with Gasteiger partial charge in [-0.15, -0.1) is 0 Å². The summed E-state index contributed by atoms with van der Waals surface area (Å²) in [5.41, 5.74) is 2.50. The van der Waals surface area contributed by atoms with E-state index in [1.54, 1.807) is 6.08 Å². The molecule has 0 amide bonds. The van der Waals surface area contributed by atoms with E-state index in [1.165, 1.54) is 11.1 Å². The number of cyclic esters (lactones) is 1. The average molecular weight is 743 g/mol. The number of carbonyl (C=O) groups excluding carboxylic acids is 1. The van der Waals surface area contributed by atoms with Crippen LogP contribution in [0.25, 0.3) is 0 Å². The second kappa shape index (κ2) is 17.3. The fourth-order valence-electron chi connectivity index (χ4n) is 6.71. The van der Waals surface area contributed by atoms with E-state index in [4.69, 9.17) is 27.8 Å². The molecule has 9 heteroatoms. The molecule has 51 heavy (non-hydrogen) atoms. The van der Waals surface area contributed by atoms with E-state index in [-0.39, 0.29) is 52.7 Å². The maximum absolute atomic E-state index is 13.6. The van der Waals surface area contributed by atoms with Crippen molar-refractivity contribution in [2.75, 3.05) is 6.61 Å². The SMILES string of the molecule is C=C1C[C@H](C)C[C@@H]2CC=C[C@@H](C/C=C\C(=O)O[C@H]([C@H](/C=C/[C@@H]3CC(C)=CCO3)O[Si](C)(C)C(C)(C)C)C[C@@H]3O[C@H]3[C@@H](O[Si](C)(C)C(C)(C)C)C1)O2. The van der Waals surface area contributed by atoms with E-state index in [0.29, 0.717) is 25.4 Å². The highest BCUT2D eigenvalue weighted by molar-refractivity contribution is 6.74. The predicted octanol–water partition coefficient (Wildman–Crippen LogP) is 10.2. The van der Waals surface area contributed by atoms with Gasteiger partial charge in [0.1, 0.15) is 18.3 Å². The Morgan fingerprint density at radius 2 is 1.65 bits per heavy atom. The molecule has 9 atom stereocenters. The van der Waals surface area contributed by atoms with Crippen LogP contribution >= 0.6 is 0 Å². The smallest absolute Gasteiger partial charge is 0.330 e. The summed E-state index contributed by atoms with van der Waals surface area (Å²) in [4.78, 5) is 13.6. The second-order valence-corrected chi connectivity index (χ2v) is 28.2. The van der Waals surface area contributed by atoms with Crippen LogP contribution in [0.2, 0.25) is 36.3 Å². The first kappa shape index (κ1) is 42.1. The normalized spacial score (nSPS) is 33.5. The summed E-state index contributed by atoms with van der Waals surface area (Å²) in [6, 6.07) is 0. The summed E-state index contributed by atoms with van der Waals surface area (Å²) < 4.78 is 39.7. The monoisotopic (exact) mass is 742 g/mol. The number of hydrogen-bond acceptors (Lipinski definition) is 7. The first-order chi connectivity index (χ1) is 23.6. The van der Waals surface area contributed by atoms with Crippen molar-refractivity contribution in [1.82, 2.24) is 0 Å². The van der Waals surface area contributed by atoms with Crippen LogP contribution in [0.4, 0.5) is 0 Å². The molecule has 0 unspecified atom stereocenters. The fourth-order valence-corrected chi connectivity index (χ4v) is 9.31. The van der Waals surface area contributed by atoms with Crippen LogP contribution < -0.4 is 0 Å². The van der Waals surface area contributed by atoms with Gasteiger partial charge in [-0.1, -0.05) is 103 Å². The summed E-state index contributed by atoms with van der Waals surface area (Å²) in [6.45, 7) is 32.2. The molecule has 0 aromatic carbocycles. The van der Waals surface area contributed by atoms with Gasteiger partial charge in [0.05, 0.1) is 37.1 Å². The predicted molar refractivity (Wildman–Crippen MR) is 213 cm³/mol. The van der Waals surface area contributed by atoms with Gasteiger partial charge in [0.2, 0.25) is 0 Å².